The van der Waals surface area contributed by atoms with E-state index in [0.717, 1.165) is 34.6 Å². The standard InChI is InChI=1S/C30H36O5/c1-32-11-12-34-20-35-28-9-8-26(25-6-3-21(4-7-25)5-10-29(31)33-2)16-27(28)30-17-22-13-23(18-30)15-24(14-22)19-30/h3-10,16,22-24H,11-15,17-20H2,1-2H3. The van der Waals surface area contributed by atoms with Crippen molar-refractivity contribution in [3.05, 3.63) is 59.7 Å². The molecule has 0 N–H and O–H groups in total. The van der Waals surface area contributed by atoms with Crippen molar-refractivity contribution in [2.45, 2.75) is 43.9 Å². The molecule has 186 valence electrons. The zero-order valence-electron chi connectivity index (χ0n) is 20.8. The van der Waals surface area contributed by atoms with Gasteiger partial charge in [0.15, 0.2) is 6.79 Å². The molecule has 0 aliphatic heterocycles. The summed E-state index contributed by atoms with van der Waals surface area (Å²) in [6, 6.07) is 15.0. The monoisotopic (exact) mass is 476 g/mol. The van der Waals surface area contributed by atoms with E-state index >= 15 is 0 Å². The van der Waals surface area contributed by atoms with Gasteiger partial charge in [-0.1, -0.05) is 30.3 Å². The molecule has 35 heavy (non-hydrogen) atoms. The SMILES string of the molecule is COCCOCOc1ccc(-c2ccc(C=CC(=O)OC)cc2)cc1C12CC3CC(CC(C3)C1)C2. The Morgan fingerprint density at radius 3 is 2.20 bits per heavy atom. The van der Waals surface area contributed by atoms with E-state index in [2.05, 4.69) is 35.1 Å². The van der Waals surface area contributed by atoms with Crippen LogP contribution in [0.5, 0.6) is 5.75 Å². The van der Waals surface area contributed by atoms with Crippen LogP contribution < -0.4 is 4.74 Å². The maximum absolute atomic E-state index is 11.4. The van der Waals surface area contributed by atoms with E-state index in [4.69, 9.17) is 14.2 Å². The molecule has 0 heterocycles. The Balaban J connectivity index is 1.42. The van der Waals surface area contributed by atoms with Gasteiger partial charge < -0.3 is 18.9 Å². The summed E-state index contributed by atoms with van der Waals surface area (Å²) in [5.41, 5.74) is 4.91. The molecule has 0 unspecified atom stereocenters. The Labute approximate surface area is 208 Å². The first-order chi connectivity index (χ1) is 17.1. The first-order valence-corrected chi connectivity index (χ1v) is 12.8. The summed E-state index contributed by atoms with van der Waals surface area (Å²) >= 11 is 0. The van der Waals surface area contributed by atoms with Crippen molar-refractivity contribution >= 4 is 12.0 Å². The summed E-state index contributed by atoms with van der Waals surface area (Å²) in [7, 11) is 3.06. The van der Waals surface area contributed by atoms with Gasteiger partial charge in [0.1, 0.15) is 5.75 Å². The molecule has 2 aromatic carbocycles. The molecule has 4 bridgehead atoms. The van der Waals surface area contributed by atoms with E-state index in [9.17, 15) is 4.79 Å². The van der Waals surface area contributed by atoms with E-state index in [0.29, 0.717) is 13.2 Å². The summed E-state index contributed by atoms with van der Waals surface area (Å²) in [6.45, 7) is 1.33. The van der Waals surface area contributed by atoms with Crippen LogP contribution in [0.1, 0.15) is 49.7 Å². The third kappa shape index (κ3) is 5.31. The molecule has 0 amide bonds. The lowest BCUT2D eigenvalue weighted by atomic mass is 9.48. The number of methoxy groups -OCH3 is 2. The van der Waals surface area contributed by atoms with Crippen LogP contribution in [0.25, 0.3) is 17.2 Å². The van der Waals surface area contributed by atoms with E-state index in [1.165, 1.54) is 62.8 Å². The van der Waals surface area contributed by atoms with Crippen LogP contribution in [0.4, 0.5) is 0 Å². The lowest BCUT2D eigenvalue weighted by Gasteiger charge is -2.57. The molecule has 5 heteroatoms. The van der Waals surface area contributed by atoms with Crippen LogP contribution in [0.3, 0.4) is 0 Å². The summed E-state index contributed by atoms with van der Waals surface area (Å²) in [4.78, 5) is 11.4. The Bertz CT molecular complexity index is 1020. The first-order valence-electron chi connectivity index (χ1n) is 12.8. The highest BCUT2D eigenvalue weighted by molar-refractivity contribution is 5.87. The second-order valence-electron chi connectivity index (χ2n) is 10.6. The van der Waals surface area contributed by atoms with Crippen LogP contribution in [-0.2, 0) is 24.4 Å². The highest BCUT2D eigenvalue weighted by Crippen LogP contribution is 2.62. The smallest absolute Gasteiger partial charge is 0.330 e. The van der Waals surface area contributed by atoms with Crippen molar-refractivity contribution in [3.63, 3.8) is 0 Å². The van der Waals surface area contributed by atoms with Crippen LogP contribution in [0.2, 0.25) is 0 Å². The molecule has 2 aromatic rings. The molecule has 5 nitrogen and oxygen atoms in total. The van der Waals surface area contributed by atoms with Crippen molar-refractivity contribution in [1.82, 2.24) is 0 Å². The van der Waals surface area contributed by atoms with Crippen LogP contribution >= 0.6 is 0 Å². The molecule has 0 radical (unpaired) electrons. The third-order valence-corrected chi connectivity index (χ3v) is 8.18. The minimum Gasteiger partial charge on any atom is -0.467 e. The number of hydrogen-bond donors (Lipinski definition) is 0. The second-order valence-corrected chi connectivity index (χ2v) is 10.6. The fraction of sp³-hybridized carbons (Fsp3) is 0.500. The first kappa shape index (κ1) is 24.1. The topological polar surface area (TPSA) is 54.0 Å². The maximum atomic E-state index is 11.4. The molecule has 0 atom stereocenters. The molecule has 0 aromatic heterocycles. The number of hydrogen-bond acceptors (Lipinski definition) is 5. The maximum Gasteiger partial charge on any atom is 0.330 e. The highest BCUT2D eigenvalue weighted by atomic mass is 16.7. The minimum absolute atomic E-state index is 0.218. The largest absolute Gasteiger partial charge is 0.467 e. The van der Waals surface area contributed by atoms with Gasteiger partial charge in [0.25, 0.3) is 0 Å². The van der Waals surface area contributed by atoms with E-state index in [-0.39, 0.29) is 18.2 Å². The number of benzene rings is 2. The molecule has 4 saturated carbocycles. The lowest BCUT2D eigenvalue weighted by Crippen LogP contribution is -2.48. The number of carbonyl (C=O) groups is 1. The average molecular weight is 477 g/mol. The fourth-order valence-electron chi connectivity index (χ4n) is 7.02. The predicted molar refractivity (Wildman–Crippen MR) is 136 cm³/mol. The summed E-state index contributed by atoms with van der Waals surface area (Å²) < 4.78 is 21.6. The zero-order valence-corrected chi connectivity index (χ0v) is 20.8. The summed E-state index contributed by atoms with van der Waals surface area (Å²) in [5.74, 6) is 3.19. The van der Waals surface area contributed by atoms with Crippen LogP contribution in [0.15, 0.2) is 48.5 Å². The van der Waals surface area contributed by atoms with E-state index in [1.54, 1.807) is 13.2 Å². The number of rotatable bonds is 10. The van der Waals surface area contributed by atoms with Gasteiger partial charge in [-0.15, -0.1) is 0 Å². The van der Waals surface area contributed by atoms with Gasteiger partial charge in [0, 0.05) is 18.7 Å². The normalized spacial score (nSPS) is 26.9. The summed E-state index contributed by atoms with van der Waals surface area (Å²) in [5, 5.41) is 0. The molecular weight excluding hydrogens is 440 g/mol. The minimum atomic E-state index is -0.351. The van der Waals surface area contributed by atoms with Gasteiger partial charge in [-0.05, 0) is 96.6 Å². The Hall–Kier alpha value is -2.63. The molecule has 4 aliphatic rings. The molecule has 4 aliphatic carbocycles. The van der Waals surface area contributed by atoms with Gasteiger partial charge in [0.05, 0.1) is 20.3 Å². The molecule has 4 fully saturated rings. The van der Waals surface area contributed by atoms with Gasteiger partial charge in [0.2, 0.25) is 0 Å². The van der Waals surface area contributed by atoms with Gasteiger partial charge in [-0.3, -0.25) is 0 Å². The fourth-order valence-corrected chi connectivity index (χ4v) is 7.02. The lowest BCUT2D eigenvalue weighted by molar-refractivity contribution is -0.134. The van der Waals surface area contributed by atoms with Crippen LogP contribution in [-0.4, -0.2) is 40.2 Å². The van der Waals surface area contributed by atoms with E-state index in [1.807, 2.05) is 12.1 Å². The van der Waals surface area contributed by atoms with Crippen molar-refractivity contribution in [3.8, 4) is 16.9 Å². The van der Waals surface area contributed by atoms with Crippen molar-refractivity contribution in [2.75, 3.05) is 34.2 Å². The Kier molecular flexibility index (Phi) is 7.26. The summed E-state index contributed by atoms with van der Waals surface area (Å²) in [6.07, 6.45) is 11.3. The van der Waals surface area contributed by atoms with Crippen LogP contribution in [0, 0.1) is 17.8 Å². The average Bonchev–Trinajstić information content (AvgIpc) is 2.87. The molecular formula is C30H36O5. The Morgan fingerprint density at radius 2 is 1.57 bits per heavy atom. The van der Waals surface area contributed by atoms with Gasteiger partial charge >= 0.3 is 5.97 Å². The molecule has 0 saturated heterocycles. The number of esters is 1. The zero-order chi connectivity index (χ0) is 24.3. The van der Waals surface area contributed by atoms with Gasteiger partial charge in [-0.2, -0.15) is 0 Å². The van der Waals surface area contributed by atoms with Crippen molar-refractivity contribution in [1.29, 1.82) is 0 Å². The third-order valence-electron chi connectivity index (χ3n) is 8.18. The van der Waals surface area contributed by atoms with Crippen molar-refractivity contribution < 1.29 is 23.7 Å². The molecule has 6 rings (SSSR count). The predicted octanol–water partition coefficient (Wildman–Crippen LogP) is 6.01. The number of carbonyl (C=O) groups excluding carboxylic acids is 1. The molecule has 0 spiro atoms. The second kappa shape index (κ2) is 10.5. The number of ether oxygens (including phenoxy) is 4. The van der Waals surface area contributed by atoms with Crippen molar-refractivity contribution in [2.24, 2.45) is 17.8 Å². The van der Waals surface area contributed by atoms with Gasteiger partial charge in [-0.25, -0.2) is 4.79 Å². The highest BCUT2D eigenvalue weighted by Gasteiger charge is 2.52. The quantitative estimate of drug-likeness (QED) is 0.182. The Morgan fingerprint density at radius 1 is 0.914 bits per heavy atom. The van der Waals surface area contributed by atoms with E-state index < -0.39 is 0 Å².